The third-order valence-corrected chi connectivity index (χ3v) is 3.20. The van der Waals surface area contributed by atoms with Crippen molar-refractivity contribution in [2.45, 2.75) is 12.3 Å². The van der Waals surface area contributed by atoms with Gasteiger partial charge in [-0.2, -0.15) is 8.78 Å². The highest BCUT2D eigenvalue weighted by atomic mass is 35.5. The van der Waals surface area contributed by atoms with Gasteiger partial charge in [-0.3, -0.25) is 0 Å². The molecule has 0 saturated carbocycles. The summed E-state index contributed by atoms with van der Waals surface area (Å²) < 4.78 is 73.3. The molecule has 2 aromatic rings. The number of hydrogen-bond donors (Lipinski definition) is 1. The number of aromatic carboxylic acids is 1. The molecule has 0 aliphatic heterocycles. The minimum Gasteiger partial charge on any atom is -0.478 e. The maximum absolute atomic E-state index is 14.0. The van der Waals surface area contributed by atoms with E-state index in [4.69, 9.17) is 21.4 Å². The van der Waals surface area contributed by atoms with Crippen molar-refractivity contribution < 1.29 is 41.3 Å². The second-order valence-corrected chi connectivity index (χ2v) is 5.24. The van der Waals surface area contributed by atoms with E-state index in [2.05, 4.69) is 9.72 Å². The summed E-state index contributed by atoms with van der Waals surface area (Å²) >= 11 is 5.74. The van der Waals surface area contributed by atoms with Crippen LogP contribution in [0.3, 0.4) is 0 Å². The Kier molecular flexibility index (Phi) is 5.86. The van der Waals surface area contributed by atoms with Crippen LogP contribution in [0.4, 0.5) is 22.0 Å². The Morgan fingerprint density at radius 3 is 2.62 bits per heavy atom. The van der Waals surface area contributed by atoms with Gasteiger partial charge in [-0.25, -0.2) is 22.9 Å². The minimum atomic E-state index is -4.39. The first-order valence-corrected chi connectivity index (χ1v) is 7.13. The molecule has 0 bridgehead atoms. The van der Waals surface area contributed by atoms with Crippen LogP contribution in [0.5, 0.6) is 17.4 Å². The van der Waals surface area contributed by atoms with Crippen LogP contribution >= 0.6 is 11.6 Å². The molecule has 1 heterocycles. The van der Waals surface area contributed by atoms with Crippen LogP contribution in [-0.2, 0) is 0 Å². The summed E-state index contributed by atoms with van der Waals surface area (Å²) in [7, 11) is 0. The summed E-state index contributed by atoms with van der Waals surface area (Å²) in [6.45, 7) is -1.65. The van der Waals surface area contributed by atoms with Crippen molar-refractivity contribution in [2.75, 3.05) is 6.61 Å². The molecular weight excluding hydrogens is 389 g/mol. The van der Waals surface area contributed by atoms with Gasteiger partial charge in [0.15, 0.2) is 18.2 Å². The van der Waals surface area contributed by atoms with Crippen LogP contribution < -0.4 is 9.47 Å². The second kappa shape index (κ2) is 7.73. The van der Waals surface area contributed by atoms with Gasteiger partial charge in [0.05, 0.1) is 11.8 Å². The number of aromatic nitrogens is 1. The van der Waals surface area contributed by atoms with Gasteiger partial charge in [0, 0.05) is 6.07 Å². The van der Waals surface area contributed by atoms with Gasteiger partial charge >= 0.3 is 18.3 Å². The number of ether oxygens (including phenoxy) is 2. The average Bonchev–Trinajstić information content (AvgIpc) is 2.55. The van der Waals surface area contributed by atoms with Crippen molar-refractivity contribution in [1.29, 1.82) is 0 Å². The summed E-state index contributed by atoms with van der Waals surface area (Å²) in [5.74, 6) is -8.20. The van der Waals surface area contributed by atoms with Gasteiger partial charge in [0.1, 0.15) is 10.8 Å². The number of hydrogen-bond acceptors (Lipinski definition) is 4. The molecule has 26 heavy (non-hydrogen) atoms. The zero-order chi connectivity index (χ0) is 19.5. The molecular formula is C15H9ClF5NO4. The molecule has 1 aromatic carbocycles. The lowest BCUT2D eigenvalue weighted by Crippen LogP contribution is -2.33. The molecule has 0 unspecified atom stereocenters. The molecule has 0 atom stereocenters. The molecule has 1 aromatic heterocycles. The fraction of sp³-hybridized carbons (Fsp3) is 0.200. The highest BCUT2D eigenvalue weighted by Crippen LogP contribution is 2.32. The summed E-state index contributed by atoms with van der Waals surface area (Å²) in [6.07, 6.45) is -3.01. The molecule has 0 radical (unpaired) electrons. The molecule has 11 heteroatoms. The number of halogens is 6. The Bertz CT molecular complexity index is 819. The lowest BCUT2D eigenvalue weighted by Gasteiger charge is -2.16. The van der Waals surface area contributed by atoms with Crippen LogP contribution in [0.1, 0.15) is 10.4 Å². The smallest absolute Gasteiger partial charge is 0.340 e. The first-order valence-electron chi connectivity index (χ1n) is 6.76. The van der Waals surface area contributed by atoms with Crippen molar-refractivity contribution in [3.8, 4) is 17.4 Å². The Balaban J connectivity index is 2.15. The van der Waals surface area contributed by atoms with E-state index in [1.165, 1.54) is 6.07 Å². The van der Waals surface area contributed by atoms with Gasteiger partial charge in [0.25, 0.3) is 0 Å². The van der Waals surface area contributed by atoms with Crippen LogP contribution in [0.15, 0.2) is 30.5 Å². The van der Waals surface area contributed by atoms with E-state index in [9.17, 15) is 26.7 Å². The average molecular weight is 398 g/mol. The highest BCUT2D eigenvalue weighted by Gasteiger charge is 2.42. The van der Waals surface area contributed by atoms with Gasteiger partial charge in [-0.1, -0.05) is 17.7 Å². The lowest BCUT2D eigenvalue weighted by atomic mass is 10.2. The molecule has 0 fully saturated rings. The maximum Gasteiger partial charge on any atom is 0.340 e. The fourth-order valence-corrected chi connectivity index (χ4v) is 1.89. The Hall–Kier alpha value is -2.62. The van der Waals surface area contributed by atoms with Gasteiger partial charge in [-0.05, 0) is 12.1 Å². The highest BCUT2D eigenvalue weighted by molar-refractivity contribution is 6.31. The zero-order valence-corrected chi connectivity index (χ0v) is 13.3. The molecule has 0 aliphatic rings. The number of carbonyl (C=O) groups is 1. The Labute approximate surface area is 147 Å². The van der Waals surface area contributed by atoms with Crippen LogP contribution in [-0.4, -0.2) is 35.0 Å². The van der Waals surface area contributed by atoms with Crippen LogP contribution in [0.25, 0.3) is 0 Å². The van der Waals surface area contributed by atoms with E-state index in [1.807, 2.05) is 0 Å². The Morgan fingerprint density at radius 1 is 1.35 bits per heavy atom. The predicted molar refractivity (Wildman–Crippen MR) is 79.1 cm³/mol. The number of carboxylic acids is 1. The predicted octanol–water partition coefficient (Wildman–Crippen LogP) is 4.64. The van der Waals surface area contributed by atoms with Crippen molar-refractivity contribution >= 4 is 17.6 Å². The quantitative estimate of drug-likeness (QED) is 0.689. The largest absolute Gasteiger partial charge is 0.478 e. The molecule has 0 spiro atoms. The number of nitrogens with zero attached hydrogens (tertiary/aromatic N) is 1. The summed E-state index contributed by atoms with van der Waals surface area (Å²) in [5.41, 5.74) is -0.629. The van der Waals surface area contributed by atoms with Gasteiger partial charge in [0.2, 0.25) is 5.88 Å². The third kappa shape index (κ3) is 4.51. The van der Waals surface area contributed by atoms with E-state index >= 15 is 0 Å². The third-order valence-electron chi connectivity index (χ3n) is 2.92. The number of rotatable bonds is 7. The first-order chi connectivity index (χ1) is 12.1. The summed E-state index contributed by atoms with van der Waals surface area (Å²) in [5, 5.41) is 8.48. The molecule has 140 valence electrons. The summed E-state index contributed by atoms with van der Waals surface area (Å²) in [6, 6.07) is 4.41. The van der Waals surface area contributed by atoms with Crippen LogP contribution in [0, 0.1) is 5.82 Å². The number of benzene rings is 1. The fourth-order valence-electron chi connectivity index (χ4n) is 1.68. The topological polar surface area (TPSA) is 68.7 Å². The van der Waals surface area contributed by atoms with Gasteiger partial charge < -0.3 is 14.6 Å². The molecule has 2 rings (SSSR count). The van der Waals surface area contributed by atoms with E-state index in [1.54, 1.807) is 0 Å². The van der Waals surface area contributed by atoms with E-state index < -0.39 is 47.9 Å². The van der Waals surface area contributed by atoms with Crippen molar-refractivity contribution in [1.82, 2.24) is 4.98 Å². The Morgan fingerprint density at radius 2 is 2.04 bits per heavy atom. The molecule has 0 aliphatic carbocycles. The maximum atomic E-state index is 14.0. The first kappa shape index (κ1) is 19.7. The summed E-state index contributed by atoms with van der Waals surface area (Å²) in [4.78, 5) is 14.4. The van der Waals surface area contributed by atoms with Gasteiger partial charge in [-0.15, -0.1) is 0 Å². The standard InChI is InChI=1S/C15H9ClF5NO4/c16-9-4-7(5-22-12(9)25-6-15(20,21)14(18)19)26-10-3-1-2-8(11(10)17)13(23)24/h1-5,14H,6H2,(H,23,24). The van der Waals surface area contributed by atoms with E-state index in [-0.39, 0.29) is 10.8 Å². The normalized spacial score (nSPS) is 11.5. The minimum absolute atomic E-state index is 0.163. The zero-order valence-electron chi connectivity index (χ0n) is 12.6. The molecule has 1 N–H and O–H groups in total. The number of carboxylic acid groups (broad SMARTS) is 1. The van der Waals surface area contributed by atoms with Crippen molar-refractivity contribution in [2.24, 2.45) is 0 Å². The SMILES string of the molecule is O=C(O)c1cccc(Oc2cnc(OCC(F)(F)C(F)F)c(Cl)c2)c1F. The van der Waals surface area contributed by atoms with E-state index in [0.717, 1.165) is 24.4 Å². The van der Waals surface area contributed by atoms with Crippen molar-refractivity contribution in [3.05, 3.63) is 46.9 Å². The monoisotopic (exact) mass is 397 g/mol. The lowest BCUT2D eigenvalue weighted by molar-refractivity contribution is -0.148. The number of pyridine rings is 1. The van der Waals surface area contributed by atoms with E-state index in [0.29, 0.717) is 0 Å². The molecule has 0 amide bonds. The molecule has 0 saturated heterocycles. The van der Waals surface area contributed by atoms with Crippen LogP contribution in [0.2, 0.25) is 5.02 Å². The number of alkyl halides is 4. The van der Waals surface area contributed by atoms with Crippen molar-refractivity contribution in [3.63, 3.8) is 0 Å². The second-order valence-electron chi connectivity index (χ2n) is 4.83. The molecule has 5 nitrogen and oxygen atoms in total.